The number of anilines is 1. The zero-order valence-electron chi connectivity index (χ0n) is 19.0. The molecule has 0 fully saturated rings. The second-order valence-corrected chi connectivity index (χ2v) is 9.64. The first-order valence-electron chi connectivity index (χ1n) is 11.0. The first kappa shape index (κ1) is 22.9. The van der Waals surface area contributed by atoms with Gasteiger partial charge in [-0.2, -0.15) is 0 Å². The van der Waals surface area contributed by atoms with Crippen LogP contribution in [0.25, 0.3) is 11.3 Å². The monoisotopic (exact) mass is 458 g/mol. The smallest absolute Gasteiger partial charge is 0.241 e. The second kappa shape index (κ2) is 9.67. The van der Waals surface area contributed by atoms with Crippen molar-refractivity contribution in [1.29, 1.82) is 0 Å². The quantitative estimate of drug-likeness (QED) is 0.321. The summed E-state index contributed by atoms with van der Waals surface area (Å²) in [6, 6.07) is 23.9. The van der Waals surface area contributed by atoms with Crippen LogP contribution in [-0.4, -0.2) is 10.9 Å². The summed E-state index contributed by atoms with van der Waals surface area (Å²) in [5.41, 5.74) is 3.41. The molecule has 4 aromatic rings. The van der Waals surface area contributed by atoms with Crippen LogP contribution in [0.1, 0.15) is 36.9 Å². The Bertz CT molecular complexity index is 1220. The van der Waals surface area contributed by atoms with E-state index in [1.165, 1.54) is 29.0 Å². The lowest BCUT2D eigenvalue weighted by Gasteiger charge is -2.27. The van der Waals surface area contributed by atoms with Crippen LogP contribution in [0.5, 0.6) is 0 Å². The van der Waals surface area contributed by atoms with E-state index in [1.54, 1.807) is 12.1 Å². The molecule has 1 unspecified atom stereocenters. The topological polar surface area (TPSA) is 42.0 Å². The number of aromatic nitrogens is 1. The highest BCUT2D eigenvalue weighted by molar-refractivity contribution is 7.10. The Morgan fingerprint density at radius 1 is 1.00 bits per heavy atom. The van der Waals surface area contributed by atoms with E-state index in [2.05, 4.69) is 31.3 Å². The van der Waals surface area contributed by atoms with Crippen LogP contribution in [0.3, 0.4) is 0 Å². The van der Waals surface area contributed by atoms with E-state index in [9.17, 15) is 9.18 Å². The molecule has 3 aromatic carbocycles. The highest BCUT2D eigenvalue weighted by atomic mass is 32.1. The number of benzene rings is 3. The predicted octanol–water partition coefficient (Wildman–Crippen LogP) is 7.09. The van der Waals surface area contributed by atoms with Crippen molar-refractivity contribution in [3.8, 4) is 11.3 Å². The standard InChI is InChI=1S/C28H27FN2OS/c1-19(2)17-20-9-13-22(14-10-20)28(3,26(32)30-24-7-5-4-6-8-24)27-31-25(18-33-27)21-11-15-23(29)16-12-21/h4-16,18-19H,17H2,1-3H3,(H,30,32). The Morgan fingerprint density at radius 2 is 1.67 bits per heavy atom. The van der Waals surface area contributed by atoms with Crippen molar-refractivity contribution < 1.29 is 9.18 Å². The van der Waals surface area contributed by atoms with Crippen molar-refractivity contribution in [2.75, 3.05) is 5.32 Å². The Hall–Kier alpha value is -3.31. The molecule has 33 heavy (non-hydrogen) atoms. The first-order valence-corrected chi connectivity index (χ1v) is 11.9. The molecule has 1 aromatic heterocycles. The Labute approximate surface area is 198 Å². The number of hydrogen-bond acceptors (Lipinski definition) is 3. The van der Waals surface area contributed by atoms with E-state index in [0.29, 0.717) is 10.9 Å². The maximum Gasteiger partial charge on any atom is 0.241 e. The number of rotatable bonds is 7. The van der Waals surface area contributed by atoms with Crippen LogP contribution >= 0.6 is 11.3 Å². The summed E-state index contributed by atoms with van der Waals surface area (Å²) in [4.78, 5) is 18.5. The maximum absolute atomic E-state index is 13.7. The molecule has 0 aliphatic carbocycles. The van der Waals surface area contributed by atoms with Crippen LogP contribution in [-0.2, 0) is 16.6 Å². The number of nitrogens with zero attached hydrogens (tertiary/aromatic N) is 1. The van der Waals surface area contributed by atoms with Gasteiger partial charge >= 0.3 is 0 Å². The average molecular weight is 459 g/mol. The molecular formula is C28H27FN2OS. The third kappa shape index (κ3) is 5.04. The van der Waals surface area contributed by atoms with Gasteiger partial charge in [-0.15, -0.1) is 11.3 Å². The number of amides is 1. The SMILES string of the molecule is CC(C)Cc1ccc(C(C)(C(=O)Nc2ccccc2)c2nc(-c3ccc(F)cc3)cs2)cc1. The van der Waals surface area contributed by atoms with E-state index < -0.39 is 5.41 Å². The van der Waals surface area contributed by atoms with Crippen molar-refractivity contribution in [2.45, 2.75) is 32.6 Å². The fourth-order valence-electron chi connectivity index (χ4n) is 3.83. The van der Waals surface area contributed by atoms with Crippen molar-refractivity contribution in [3.63, 3.8) is 0 Å². The summed E-state index contributed by atoms with van der Waals surface area (Å²) in [5.74, 6) is 0.119. The molecule has 0 bridgehead atoms. The molecule has 0 saturated heterocycles. The lowest BCUT2D eigenvalue weighted by Crippen LogP contribution is -2.38. The maximum atomic E-state index is 13.7. The van der Waals surface area contributed by atoms with Crippen molar-refractivity contribution >= 4 is 22.9 Å². The highest BCUT2D eigenvalue weighted by Gasteiger charge is 2.40. The minimum atomic E-state index is -0.991. The van der Waals surface area contributed by atoms with Gasteiger partial charge in [0.2, 0.25) is 5.91 Å². The van der Waals surface area contributed by atoms with Crippen LogP contribution in [0.15, 0.2) is 84.2 Å². The number of carbonyl (C=O) groups excluding carboxylic acids is 1. The molecule has 0 saturated carbocycles. The molecular weight excluding hydrogens is 431 g/mol. The van der Waals surface area contributed by atoms with Gasteiger partial charge in [0, 0.05) is 16.6 Å². The second-order valence-electron chi connectivity index (χ2n) is 8.78. The Kier molecular flexibility index (Phi) is 6.70. The lowest BCUT2D eigenvalue weighted by atomic mass is 9.81. The van der Waals surface area contributed by atoms with Gasteiger partial charge < -0.3 is 5.32 Å². The van der Waals surface area contributed by atoms with Crippen molar-refractivity contribution in [1.82, 2.24) is 4.98 Å². The van der Waals surface area contributed by atoms with Gasteiger partial charge in [0.25, 0.3) is 0 Å². The van der Waals surface area contributed by atoms with Gasteiger partial charge in [0.15, 0.2) is 0 Å². The largest absolute Gasteiger partial charge is 0.325 e. The number of para-hydroxylation sites is 1. The molecule has 0 spiro atoms. The molecule has 1 N–H and O–H groups in total. The third-order valence-corrected chi connectivity index (χ3v) is 6.80. The summed E-state index contributed by atoms with van der Waals surface area (Å²) >= 11 is 1.44. The number of nitrogens with one attached hydrogen (secondary N) is 1. The van der Waals surface area contributed by atoms with Gasteiger partial charge in [0.05, 0.1) is 5.69 Å². The van der Waals surface area contributed by atoms with E-state index in [0.717, 1.165) is 28.9 Å². The summed E-state index contributed by atoms with van der Waals surface area (Å²) in [5, 5.41) is 5.67. The fraction of sp³-hybridized carbons (Fsp3) is 0.214. The zero-order valence-corrected chi connectivity index (χ0v) is 19.8. The number of hydrogen-bond donors (Lipinski definition) is 1. The van der Waals surface area contributed by atoms with Gasteiger partial charge in [-0.25, -0.2) is 9.37 Å². The van der Waals surface area contributed by atoms with Crippen LogP contribution < -0.4 is 5.32 Å². The summed E-state index contributed by atoms with van der Waals surface area (Å²) < 4.78 is 13.4. The fourth-order valence-corrected chi connectivity index (χ4v) is 4.84. The molecule has 5 heteroatoms. The molecule has 0 radical (unpaired) electrons. The summed E-state index contributed by atoms with van der Waals surface area (Å²) in [6.07, 6.45) is 0.985. The molecule has 4 rings (SSSR count). The molecule has 168 valence electrons. The Balaban J connectivity index is 1.74. The molecule has 1 amide bonds. The number of halogens is 1. The molecule has 1 heterocycles. The van der Waals surface area contributed by atoms with Crippen LogP contribution in [0, 0.1) is 11.7 Å². The normalized spacial score (nSPS) is 13.0. The van der Waals surface area contributed by atoms with E-state index >= 15 is 0 Å². The predicted molar refractivity (Wildman–Crippen MR) is 134 cm³/mol. The van der Waals surface area contributed by atoms with Gasteiger partial charge in [-0.3, -0.25) is 4.79 Å². The summed E-state index contributed by atoms with van der Waals surface area (Å²) in [7, 11) is 0. The third-order valence-electron chi connectivity index (χ3n) is 5.73. The molecule has 0 aliphatic heterocycles. The minimum Gasteiger partial charge on any atom is -0.325 e. The molecule has 3 nitrogen and oxygen atoms in total. The molecule has 0 aliphatic rings. The van der Waals surface area contributed by atoms with Crippen LogP contribution in [0.2, 0.25) is 0 Å². The Morgan fingerprint density at radius 3 is 2.30 bits per heavy atom. The van der Waals surface area contributed by atoms with Gasteiger partial charge in [-0.05, 0) is 66.8 Å². The van der Waals surface area contributed by atoms with Crippen molar-refractivity contribution in [2.24, 2.45) is 5.92 Å². The van der Waals surface area contributed by atoms with Gasteiger partial charge in [-0.1, -0.05) is 56.3 Å². The molecule has 1 atom stereocenters. The van der Waals surface area contributed by atoms with Crippen molar-refractivity contribution in [3.05, 3.63) is 106 Å². The summed E-state index contributed by atoms with van der Waals surface area (Å²) in [6.45, 7) is 6.30. The van der Waals surface area contributed by atoms with Gasteiger partial charge in [0.1, 0.15) is 16.2 Å². The highest BCUT2D eigenvalue weighted by Crippen LogP contribution is 2.37. The van der Waals surface area contributed by atoms with E-state index in [4.69, 9.17) is 4.98 Å². The van der Waals surface area contributed by atoms with E-state index in [-0.39, 0.29) is 11.7 Å². The minimum absolute atomic E-state index is 0.148. The number of carbonyl (C=O) groups is 1. The van der Waals surface area contributed by atoms with E-state index in [1.807, 2.05) is 54.8 Å². The first-order chi connectivity index (χ1) is 15.9. The lowest BCUT2D eigenvalue weighted by molar-refractivity contribution is -0.119. The number of thiazole rings is 1. The average Bonchev–Trinajstić information content (AvgIpc) is 3.30. The zero-order chi connectivity index (χ0) is 23.4. The van der Waals surface area contributed by atoms with Crippen LogP contribution in [0.4, 0.5) is 10.1 Å².